The van der Waals surface area contributed by atoms with Gasteiger partial charge in [0.05, 0.1) is 7.11 Å². The molecule has 0 unspecified atom stereocenters. The van der Waals surface area contributed by atoms with Gasteiger partial charge in [-0.1, -0.05) is 25.0 Å². The molecule has 110 valence electrons. The maximum absolute atomic E-state index is 12.2. The molecule has 2 rings (SSSR count). The number of hydrogen-bond acceptors (Lipinski definition) is 2. The lowest BCUT2D eigenvalue weighted by atomic mass is 10.1. The van der Waals surface area contributed by atoms with Crippen molar-refractivity contribution < 1.29 is 9.53 Å². The van der Waals surface area contributed by atoms with Gasteiger partial charge in [0.15, 0.2) is 0 Å². The van der Waals surface area contributed by atoms with E-state index < -0.39 is 0 Å². The highest BCUT2D eigenvalue weighted by molar-refractivity contribution is 5.76. The van der Waals surface area contributed by atoms with Crippen molar-refractivity contribution in [2.75, 3.05) is 20.2 Å². The van der Waals surface area contributed by atoms with Gasteiger partial charge in [0.1, 0.15) is 5.75 Å². The lowest BCUT2D eigenvalue weighted by molar-refractivity contribution is -0.131. The zero-order chi connectivity index (χ0) is 14.4. The van der Waals surface area contributed by atoms with Gasteiger partial charge >= 0.3 is 0 Å². The van der Waals surface area contributed by atoms with Crippen LogP contribution in [0.3, 0.4) is 0 Å². The van der Waals surface area contributed by atoms with E-state index in [0.717, 1.165) is 43.7 Å². The minimum Gasteiger partial charge on any atom is -0.496 e. The smallest absolute Gasteiger partial charge is 0.222 e. The number of carbonyl (C=O) groups is 1. The van der Waals surface area contributed by atoms with Crippen molar-refractivity contribution in [2.45, 2.75) is 45.4 Å². The summed E-state index contributed by atoms with van der Waals surface area (Å²) in [5.41, 5.74) is 2.35. The monoisotopic (exact) mass is 275 g/mol. The molecule has 1 amide bonds. The van der Waals surface area contributed by atoms with Crippen LogP contribution in [0.15, 0.2) is 18.2 Å². The van der Waals surface area contributed by atoms with Gasteiger partial charge < -0.3 is 9.64 Å². The number of benzene rings is 1. The molecular formula is C17H25NO2. The Bertz CT molecular complexity index is 448. The summed E-state index contributed by atoms with van der Waals surface area (Å²) >= 11 is 0. The van der Waals surface area contributed by atoms with E-state index >= 15 is 0 Å². The first-order valence-electron chi connectivity index (χ1n) is 7.62. The van der Waals surface area contributed by atoms with Crippen molar-refractivity contribution in [3.8, 4) is 5.75 Å². The molecule has 0 aromatic heterocycles. The molecule has 0 aliphatic carbocycles. The molecule has 1 aliphatic heterocycles. The summed E-state index contributed by atoms with van der Waals surface area (Å²) in [6.45, 7) is 3.93. The minimum absolute atomic E-state index is 0.306. The highest BCUT2D eigenvalue weighted by Gasteiger charge is 2.15. The maximum Gasteiger partial charge on any atom is 0.222 e. The average Bonchev–Trinajstić information content (AvgIpc) is 2.74. The fraction of sp³-hybridized carbons (Fsp3) is 0.588. The number of likely N-dealkylation sites (tertiary alicyclic amines) is 1. The van der Waals surface area contributed by atoms with Crippen LogP contribution in [0, 0.1) is 6.92 Å². The summed E-state index contributed by atoms with van der Waals surface area (Å²) < 4.78 is 5.26. The largest absolute Gasteiger partial charge is 0.496 e. The van der Waals surface area contributed by atoms with Crippen LogP contribution in [0.1, 0.15) is 43.2 Å². The summed E-state index contributed by atoms with van der Waals surface area (Å²) in [6, 6.07) is 6.16. The molecule has 3 nitrogen and oxygen atoms in total. The number of rotatable bonds is 4. The van der Waals surface area contributed by atoms with Gasteiger partial charge in [-0.05, 0) is 43.4 Å². The molecule has 0 N–H and O–H groups in total. The Morgan fingerprint density at radius 3 is 2.50 bits per heavy atom. The van der Waals surface area contributed by atoms with Crippen molar-refractivity contribution >= 4 is 5.91 Å². The lowest BCUT2D eigenvalue weighted by Gasteiger charge is -2.20. The fourth-order valence-electron chi connectivity index (χ4n) is 2.83. The van der Waals surface area contributed by atoms with Crippen LogP contribution in [0.5, 0.6) is 5.75 Å². The molecule has 1 fully saturated rings. The first-order chi connectivity index (χ1) is 9.70. The molecule has 1 heterocycles. The van der Waals surface area contributed by atoms with E-state index in [9.17, 15) is 4.79 Å². The Morgan fingerprint density at radius 2 is 1.90 bits per heavy atom. The van der Waals surface area contributed by atoms with Crippen LogP contribution < -0.4 is 4.74 Å². The molecule has 1 aromatic rings. The summed E-state index contributed by atoms with van der Waals surface area (Å²) in [6.07, 6.45) is 6.29. The third-order valence-corrected chi connectivity index (χ3v) is 4.05. The van der Waals surface area contributed by atoms with Gasteiger partial charge in [0.25, 0.3) is 0 Å². The third kappa shape index (κ3) is 3.99. The molecule has 3 heteroatoms. The summed E-state index contributed by atoms with van der Waals surface area (Å²) in [7, 11) is 1.69. The van der Waals surface area contributed by atoms with Gasteiger partial charge in [-0.3, -0.25) is 4.79 Å². The first kappa shape index (κ1) is 14.9. The Kier molecular flexibility index (Phi) is 5.45. The van der Waals surface area contributed by atoms with Crippen molar-refractivity contribution in [3.63, 3.8) is 0 Å². The summed E-state index contributed by atoms with van der Waals surface area (Å²) in [4.78, 5) is 14.3. The molecule has 1 aromatic carbocycles. The molecule has 0 radical (unpaired) electrons. The molecule has 0 atom stereocenters. The summed E-state index contributed by atoms with van der Waals surface area (Å²) in [5.74, 6) is 1.22. The zero-order valence-corrected chi connectivity index (χ0v) is 12.7. The Labute approximate surface area is 121 Å². The standard InChI is InChI=1S/C17H25NO2/c1-14-13-15(7-9-16(14)20-2)8-10-17(19)18-11-5-3-4-6-12-18/h7,9,13H,3-6,8,10-12H2,1-2H3. The number of nitrogens with zero attached hydrogens (tertiary/aromatic N) is 1. The van der Waals surface area contributed by atoms with E-state index in [1.54, 1.807) is 7.11 Å². The second-order valence-electron chi connectivity index (χ2n) is 5.60. The van der Waals surface area contributed by atoms with Gasteiger partial charge in [0, 0.05) is 19.5 Å². The lowest BCUT2D eigenvalue weighted by Crippen LogP contribution is -2.31. The Morgan fingerprint density at radius 1 is 1.20 bits per heavy atom. The normalized spacial score (nSPS) is 15.8. The fourth-order valence-corrected chi connectivity index (χ4v) is 2.83. The van der Waals surface area contributed by atoms with E-state index in [1.807, 2.05) is 17.9 Å². The number of amides is 1. The minimum atomic E-state index is 0.306. The number of aryl methyl sites for hydroxylation is 2. The Balaban J connectivity index is 1.87. The van der Waals surface area contributed by atoms with Gasteiger partial charge in [-0.15, -0.1) is 0 Å². The second kappa shape index (κ2) is 7.32. The van der Waals surface area contributed by atoms with Crippen LogP contribution in [0.25, 0.3) is 0 Å². The first-order valence-corrected chi connectivity index (χ1v) is 7.62. The average molecular weight is 275 g/mol. The number of methoxy groups -OCH3 is 1. The van der Waals surface area contributed by atoms with E-state index in [2.05, 4.69) is 12.1 Å². The van der Waals surface area contributed by atoms with Crippen LogP contribution in [0.4, 0.5) is 0 Å². The van der Waals surface area contributed by atoms with E-state index in [4.69, 9.17) is 4.74 Å². The molecule has 0 bridgehead atoms. The molecule has 1 aliphatic rings. The van der Waals surface area contributed by atoms with Gasteiger partial charge in [-0.25, -0.2) is 0 Å². The highest BCUT2D eigenvalue weighted by atomic mass is 16.5. The second-order valence-corrected chi connectivity index (χ2v) is 5.60. The van der Waals surface area contributed by atoms with Crippen LogP contribution >= 0.6 is 0 Å². The van der Waals surface area contributed by atoms with Crippen LogP contribution in [-0.2, 0) is 11.2 Å². The molecule has 0 saturated carbocycles. The van der Waals surface area contributed by atoms with Crippen molar-refractivity contribution in [1.29, 1.82) is 0 Å². The molecule has 1 saturated heterocycles. The van der Waals surface area contributed by atoms with Crippen LogP contribution in [0.2, 0.25) is 0 Å². The highest BCUT2D eigenvalue weighted by Crippen LogP contribution is 2.19. The third-order valence-electron chi connectivity index (χ3n) is 4.05. The predicted octanol–water partition coefficient (Wildman–Crippen LogP) is 3.34. The van der Waals surface area contributed by atoms with Crippen molar-refractivity contribution in [1.82, 2.24) is 4.90 Å². The topological polar surface area (TPSA) is 29.5 Å². The Hall–Kier alpha value is -1.51. The summed E-state index contributed by atoms with van der Waals surface area (Å²) in [5, 5.41) is 0. The van der Waals surface area contributed by atoms with Crippen molar-refractivity contribution in [3.05, 3.63) is 29.3 Å². The van der Waals surface area contributed by atoms with E-state index in [-0.39, 0.29) is 0 Å². The number of hydrogen-bond donors (Lipinski definition) is 0. The SMILES string of the molecule is COc1ccc(CCC(=O)N2CCCCCC2)cc1C. The van der Waals surface area contributed by atoms with E-state index in [0.29, 0.717) is 12.3 Å². The van der Waals surface area contributed by atoms with E-state index in [1.165, 1.54) is 18.4 Å². The quantitative estimate of drug-likeness (QED) is 0.843. The number of carbonyl (C=O) groups excluding carboxylic acids is 1. The number of ether oxygens (including phenoxy) is 1. The molecule has 20 heavy (non-hydrogen) atoms. The van der Waals surface area contributed by atoms with Gasteiger partial charge in [0.2, 0.25) is 5.91 Å². The molecular weight excluding hydrogens is 250 g/mol. The van der Waals surface area contributed by atoms with Crippen LogP contribution in [-0.4, -0.2) is 31.0 Å². The predicted molar refractivity (Wildman–Crippen MR) is 81.1 cm³/mol. The van der Waals surface area contributed by atoms with Crippen molar-refractivity contribution in [2.24, 2.45) is 0 Å². The molecule has 0 spiro atoms. The zero-order valence-electron chi connectivity index (χ0n) is 12.7. The maximum atomic E-state index is 12.2. The van der Waals surface area contributed by atoms with Gasteiger partial charge in [-0.2, -0.15) is 0 Å².